The fourth-order valence-corrected chi connectivity index (χ4v) is 2.60. The molecule has 2 atom stereocenters. The maximum atomic E-state index is 11.1. The van der Waals surface area contributed by atoms with Crippen LogP contribution < -0.4 is 0 Å². The zero-order valence-electron chi connectivity index (χ0n) is 8.83. The molecule has 0 amide bonds. The molecule has 1 N–H and O–H groups in total. The van der Waals surface area contributed by atoms with Crippen molar-refractivity contribution in [1.82, 2.24) is 0 Å². The highest BCUT2D eigenvalue weighted by molar-refractivity contribution is 7.99. The van der Waals surface area contributed by atoms with Crippen LogP contribution in [0, 0.1) is 0 Å². The topological polar surface area (TPSA) is 46.5 Å². The lowest BCUT2D eigenvalue weighted by Crippen LogP contribution is -2.33. The van der Waals surface area contributed by atoms with Crippen LogP contribution in [0.25, 0.3) is 0 Å². The summed E-state index contributed by atoms with van der Waals surface area (Å²) < 4.78 is 5.16. The molecule has 0 radical (unpaired) electrons. The molecule has 2 unspecified atom stereocenters. The number of hydrogen-bond donors (Lipinski definition) is 1. The molecule has 86 valence electrons. The lowest BCUT2D eigenvalue weighted by molar-refractivity contribution is -0.158. The van der Waals surface area contributed by atoms with Gasteiger partial charge in [0.1, 0.15) is 6.10 Å². The van der Waals surface area contributed by atoms with Crippen molar-refractivity contribution in [3.63, 3.8) is 0 Å². The van der Waals surface area contributed by atoms with Crippen molar-refractivity contribution in [2.24, 2.45) is 0 Å². The molecule has 1 aliphatic rings. The smallest absolute Gasteiger partial charge is 0.308 e. The lowest BCUT2D eigenvalue weighted by Gasteiger charge is -2.25. The van der Waals surface area contributed by atoms with Gasteiger partial charge in [0.25, 0.3) is 0 Å². The molecule has 0 bridgehead atoms. The minimum Gasteiger partial charge on any atom is -0.461 e. The third-order valence-corrected chi connectivity index (χ3v) is 3.56. The molecule has 1 aliphatic heterocycles. The van der Waals surface area contributed by atoms with Crippen molar-refractivity contribution in [1.29, 1.82) is 0 Å². The van der Waals surface area contributed by atoms with Gasteiger partial charge < -0.3 is 9.84 Å². The minimum absolute atomic E-state index is 0.131. The summed E-state index contributed by atoms with van der Waals surface area (Å²) in [5, 5.41) is 9.44. The van der Waals surface area contributed by atoms with Crippen molar-refractivity contribution in [3.05, 3.63) is 30.3 Å². The molecule has 1 fully saturated rings. The van der Waals surface area contributed by atoms with Crippen LogP contribution in [0.2, 0.25) is 0 Å². The second kappa shape index (κ2) is 5.37. The Balaban J connectivity index is 1.84. The van der Waals surface area contributed by atoms with Gasteiger partial charge in [0.05, 0.1) is 12.5 Å². The van der Waals surface area contributed by atoms with Crippen LogP contribution in [0.4, 0.5) is 0 Å². The number of aliphatic hydroxyl groups is 1. The number of hydrogen-bond acceptors (Lipinski definition) is 4. The molecule has 1 aromatic carbocycles. The highest BCUT2D eigenvalue weighted by atomic mass is 32.2. The number of rotatable bonds is 3. The van der Waals surface area contributed by atoms with E-state index in [1.54, 1.807) is 11.8 Å². The molecule has 1 heterocycles. The van der Waals surface area contributed by atoms with E-state index in [0.29, 0.717) is 12.2 Å². The molecule has 1 saturated heterocycles. The molecule has 0 spiro atoms. The van der Waals surface area contributed by atoms with E-state index in [0.717, 1.165) is 4.90 Å². The van der Waals surface area contributed by atoms with Crippen molar-refractivity contribution in [2.45, 2.75) is 29.9 Å². The van der Waals surface area contributed by atoms with Gasteiger partial charge in [-0.3, -0.25) is 4.79 Å². The Kier molecular flexibility index (Phi) is 3.85. The van der Waals surface area contributed by atoms with Gasteiger partial charge in [0, 0.05) is 17.1 Å². The predicted octanol–water partition coefficient (Wildman–Crippen LogP) is 1.85. The Labute approximate surface area is 98.8 Å². The van der Waals surface area contributed by atoms with E-state index in [-0.39, 0.29) is 18.5 Å². The number of carbonyl (C=O) groups is 1. The van der Waals surface area contributed by atoms with E-state index in [2.05, 4.69) is 0 Å². The minimum atomic E-state index is -0.539. The molecule has 0 aliphatic carbocycles. The van der Waals surface area contributed by atoms with Gasteiger partial charge in [-0.1, -0.05) is 18.2 Å². The SMILES string of the molecule is O=C1CC(O)CC(CSc2ccccc2)O1. The Bertz CT molecular complexity index is 353. The number of benzene rings is 1. The van der Waals surface area contributed by atoms with Crippen molar-refractivity contribution < 1.29 is 14.6 Å². The number of carbonyl (C=O) groups excluding carboxylic acids is 1. The lowest BCUT2D eigenvalue weighted by atomic mass is 10.1. The molecule has 1 aromatic rings. The van der Waals surface area contributed by atoms with Gasteiger partial charge in [-0.05, 0) is 12.1 Å². The van der Waals surface area contributed by atoms with Gasteiger partial charge in [0.15, 0.2) is 0 Å². The fourth-order valence-electron chi connectivity index (χ4n) is 1.67. The number of aliphatic hydroxyl groups excluding tert-OH is 1. The van der Waals surface area contributed by atoms with Crippen molar-refractivity contribution in [3.8, 4) is 0 Å². The van der Waals surface area contributed by atoms with Gasteiger partial charge in [-0.25, -0.2) is 0 Å². The Morgan fingerprint density at radius 1 is 1.38 bits per heavy atom. The molecule has 16 heavy (non-hydrogen) atoms. The van der Waals surface area contributed by atoms with Crippen LogP contribution >= 0.6 is 11.8 Å². The van der Waals surface area contributed by atoms with Crippen LogP contribution in [0.3, 0.4) is 0 Å². The number of cyclic esters (lactones) is 1. The van der Waals surface area contributed by atoms with Crippen LogP contribution in [0.5, 0.6) is 0 Å². The maximum absolute atomic E-state index is 11.1. The molecular formula is C12H14O3S. The van der Waals surface area contributed by atoms with Crippen LogP contribution in [0.15, 0.2) is 35.2 Å². The summed E-state index contributed by atoms with van der Waals surface area (Å²) in [7, 11) is 0. The van der Waals surface area contributed by atoms with Crippen LogP contribution in [0.1, 0.15) is 12.8 Å². The molecule has 0 saturated carbocycles. The van der Waals surface area contributed by atoms with Crippen LogP contribution in [-0.4, -0.2) is 29.0 Å². The third kappa shape index (κ3) is 3.25. The highest BCUT2D eigenvalue weighted by Crippen LogP contribution is 2.23. The van der Waals surface area contributed by atoms with Gasteiger partial charge in [-0.15, -0.1) is 11.8 Å². The van der Waals surface area contributed by atoms with Gasteiger partial charge in [0.2, 0.25) is 0 Å². The predicted molar refractivity (Wildman–Crippen MR) is 62.3 cm³/mol. The van der Waals surface area contributed by atoms with Crippen molar-refractivity contribution >= 4 is 17.7 Å². The average Bonchev–Trinajstić information content (AvgIpc) is 2.27. The number of esters is 1. The summed E-state index contributed by atoms with van der Waals surface area (Å²) in [4.78, 5) is 12.3. The van der Waals surface area contributed by atoms with Crippen molar-refractivity contribution in [2.75, 3.05) is 5.75 Å². The Morgan fingerprint density at radius 3 is 2.81 bits per heavy atom. The van der Waals surface area contributed by atoms with Gasteiger partial charge >= 0.3 is 5.97 Å². The second-order valence-electron chi connectivity index (χ2n) is 3.83. The zero-order valence-corrected chi connectivity index (χ0v) is 9.65. The summed E-state index contributed by atoms with van der Waals surface area (Å²) in [5.41, 5.74) is 0. The van der Waals surface area contributed by atoms with E-state index in [4.69, 9.17) is 4.74 Å². The summed E-state index contributed by atoms with van der Waals surface area (Å²) in [5.74, 6) is 0.407. The zero-order chi connectivity index (χ0) is 11.4. The number of thioether (sulfide) groups is 1. The normalized spacial score (nSPS) is 25.2. The average molecular weight is 238 g/mol. The molecule has 2 rings (SSSR count). The molecule has 4 heteroatoms. The Hall–Kier alpha value is -1.00. The van der Waals surface area contributed by atoms with E-state index in [9.17, 15) is 9.90 Å². The third-order valence-electron chi connectivity index (χ3n) is 2.41. The summed E-state index contributed by atoms with van der Waals surface area (Å²) in [6.45, 7) is 0. The van der Waals surface area contributed by atoms with E-state index in [1.807, 2.05) is 30.3 Å². The summed E-state index contributed by atoms with van der Waals surface area (Å²) >= 11 is 1.64. The fraction of sp³-hybridized carbons (Fsp3) is 0.417. The maximum Gasteiger partial charge on any atom is 0.308 e. The quantitative estimate of drug-likeness (QED) is 0.645. The monoisotopic (exact) mass is 238 g/mol. The number of ether oxygens (including phenoxy) is 1. The van der Waals surface area contributed by atoms with Gasteiger partial charge in [-0.2, -0.15) is 0 Å². The van der Waals surface area contributed by atoms with Crippen LogP contribution in [-0.2, 0) is 9.53 Å². The van der Waals surface area contributed by atoms with E-state index < -0.39 is 6.10 Å². The summed E-state index contributed by atoms with van der Waals surface area (Å²) in [6, 6.07) is 9.96. The molecule has 3 nitrogen and oxygen atoms in total. The first-order valence-electron chi connectivity index (χ1n) is 5.29. The standard InChI is InChI=1S/C12H14O3S/c13-9-6-10(15-12(14)7-9)8-16-11-4-2-1-3-5-11/h1-5,9-10,13H,6-8H2. The first-order chi connectivity index (χ1) is 7.74. The largest absolute Gasteiger partial charge is 0.461 e. The summed E-state index contributed by atoms with van der Waals surface area (Å²) in [6.07, 6.45) is -0.0259. The molecular weight excluding hydrogens is 224 g/mol. The second-order valence-corrected chi connectivity index (χ2v) is 4.92. The first kappa shape index (κ1) is 11.5. The Morgan fingerprint density at radius 2 is 2.12 bits per heavy atom. The highest BCUT2D eigenvalue weighted by Gasteiger charge is 2.26. The first-order valence-corrected chi connectivity index (χ1v) is 6.28. The van der Waals surface area contributed by atoms with E-state index in [1.165, 1.54) is 0 Å². The van der Waals surface area contributed by atoms with E-state index >= 15 is 0 Å². The molecule has 0 aromatic heterocycles.